The van der Waals surface area contributed by atoms with Crippen molar-refractivity contribution in [1.29, 1.82) is 0 Å². The minimum Gasteiger partial charge on any atom is -0.321 e. The average molecular weight is 273 g/mol. The van der Waals surface area contributed by atoms with E-state index >= 15 is 0 Å². The summed E-state index contributed by atoms with van der Waals surface area (Å²) in [5.41, 5.74) is -0.697. The van der Waals surface area contributed by atoms with Gasteiger partial charge in [-0.3, -0.25) is 4.79 Å². The Morgan fingerprint density at radius 3 is 2.72 bits per heavy atom. The van der Waals surface area contributed by atoms with E-state index in [0.29, 0.717) is 0 Å². The van der Waals surface area contributed by atoms with Gasteiger partial charge in [-0.1, -0.05) is 6.07 Å². The smallest absolute Gasteiger partial charge is 0.321 e. The van der Waals surface area contributed by atoms with Crippen LogP contribution in [0.25, 0.3) is 0 Å². The molecular formula is C10H6F3N3OS. The van der Waals surface area contributed by atoms with Crippen LogP contribution in [-0.4, -0.2) is 14.7 Å². The zero-order chi connectivity index (χ0) is 13.2. The lowest BCUT2D eigenvalue weighted by Crippen LogP contribution is -2.13. The first-order valence-corrected chi connectivity index (χ1v) is 5.46. The van der Waals surface area contributed by atoms with Crippen molar-refractivity contribution in [2.45, 2.75) is 6.18 Å². The predicted octanol–water partition coefficient (Wildman–Crippen LogP) is 2.81. The summed E-state index contributed by atoms with van der Waals surface area (Å²) in [7, 11) is 0. The molecule has 2 aromatic rings. The standard InChI is InChI=1S/C10H6F3N3OS/c11-10(12,13)6-2-1-3-7(4-6)15-9(17)8-5-14-18-16-8/h1-5H,(H,15,17). The van der Waals surface area contributed by atoms with E-state index in [9.17, 15) is 18.0 Å². The van der Waals surface area contributed by atoms with E-state index in [-0.39, 0.29) is 11.4 Å². The van der Waals surface area contributed by atoms with Gasteiger partial charge in [0, 0.05) is 5.69 Å². The highest BCUT2D eigenvalue weighted by Crippen LogP contribution is 2.30. The molecule has 0 saturated carbocycles. The molecule has 0 fully saturated rings. The Kier molecular flexibility index (Phi) is 3.28. The first-order chi connectivity index (χ1) is 8.47. The number of aromatic nitrogens is 2. The van der Waals surface area contributed by atoms with Gasteiger partial charge in [0.05, 0.1) is 23.5 Å². The number of halogens is 3. The van der Waals surface area contributed by atoms with Crippen LogP contribution in [0, 0.1) is 0 Å². The summed E-state index contributed by atoms with van der Waals surface area (Å²) < 4.78 is 44.6. The molecule has 0 saturated heterocycles. The van der Waals surface area contributed by atoms with Crippen LogP contribution in [0.1, 0.15) is 16.1 Å². The molecule has 0 aliphatic carbocycles. The Balaban J connectivity index is 2.18. The Labute approximate surface area is 104 Å². The van der Waals surface area contributed by atoms with E-state index in [0.717, 1.165) is 23.9 Å². The quantitative estimate of drug-likeness (QED) is 0.915. The van der Waals surface area contributed by atoms with Crippen molar-refractivity contribution in [3.8, 4) is 0 Å². The molecule has 0 aliphatic rings. The van der Waals surface area contributed by atoms with Gasteiger partial charge < -0.3 is 5.32 Å². The summed E-state index contributed by atoms with van der Waals surface area (Å²) in [6.07, 6.45) is -3.20. The topological polar surface area (TPSA) is 54.9 Å². The van der Waals surface area contributed by atoms with Gasteiger partial charge in [0.1, 0.15) is 0 Å². The first-order valence-electron chi connectivity index (χ1n) is 4.73. The maximum Gasteiger partial charge on any atom is 0.416 e. The third-order valence-electron chi connectivity index (χ3n) is 2.04. The zero-order valence-corrected chi connectivity index (χ0v) is 9.55. The minimum absolute atomic E-state index is 0.0582. The van der Waals surface area contributed by atoms with Crippen LogP contribution in [0.2, 0.25) is 0 Å². The number of anilines is 1. The fourth-order valence-electron chi connectivity index (χ4n) is 1.23. The van der Waals surface area contributed by atoms with E-state index in [4.69, 9.17) is 0 Å². The third kappa shape index (κ3) is 2.83. The highest BCUT2D eigenvalue weighted by Gasteiger charge is 2.30. The van der Waals surface area contributed by atoms with E-state index in [2.05, 4.69) is 14.1 Å². The third-order valence-corrected chi connectivity index (χ3v) is 2.52. The molecule has 4 nitrogen and oxygen atoms in total. The van der Waals surface area contributed by atoms with Gasteiger partial charge in [0.2, 0.25) is 0 Å². The summed E-state index contributed by atoms with van der Waals surface area (Å²) >= 11 is 0.845. The van der Waals surface area contributed by atoms with Gasteiger partial charge >= 0.3 is 6.18 Å². The van der Waals surface area contributed by atoms with Crippen LogP contribution in [0.15, 0.2) is 30.5 Å². The monoisotopic (exact) mass is 273 g/mol. The molecule has 0 atom stereocenters. The lowest BCUT2D eigenvalue weighted by molar-refractivity contribution is -0.137. The first kappa shape index (κ1) is 12.5. The molecule has 94 valence electrons. The van der Waals surface area contributed by atoms with Crippen molar-refractivity contribution in [3.05, 3.63) is 41.7 Å². The highest BCUT2D eigenvalue weighted by molar-refractivity contribution is 6.99. The van der Waals surface area contributed by atoms with Gasteiger partial charge in [-0.15, -0.1) is 0 Å². The Morgan fingerprint density at radius 2 is 2.11 bits per heavy atom. The second-order valence-electron chi connectivity index (χ2n) is 3.33. The van der Waals surface area contributed by atoms with Crippen LogP contribution in [0.4, 0.5) is 18.9 Å². The van der Waals surface area contributed by atoms with Crippen LogP contribution >= 0.6 is 11.7 Å². The number of benzene rings is 1. The number of nitrogens with zero attached hydrogens (tertiary/aromatic N) is 2. The normalized spacial score (nSPS) is 11.3. The number of hydrogen-bond acceptors (Lipinski definition) is 4. The molecule has 2 rings (SSSR count). The largest absolute Gasteiger partial charge is 0.416 e. The highest BCUT2D eigenvalue weighted by atomic mass is 32.1. The number of hydrogen-bond donors (Lipinski definition) is 1. The predicted molar refractivity (Wildman–Crippen MR) is 59.3 cm³/mol. The van der Waals surface area contributed by atoms with Crippen molar-refractivity contribution in [2.75, 3.05) is 5.32 Å². The van der Waals surface area contributed by atoms with Crippen LogP contribution < -0.4 is 5.32 Å². The molecule has 1 aromatic carbocycles. The minimum atomic E-state index is -4.44. The number of carbonyl (C=O) groups is 1. The van der Waals surface area contributed by atoms with Crippen LogP contribution in [-0.2, 0) is 6.18 Å². The molecule has 0 aliphatic heterocycles. The van der Waals surface area contributed by atoms with Gasteiger partial charge in [0.25, 0.3) is 5.91 Å². The van der Waals surface area contributed by atoms with Gasteiger partial charge in [-0.25, -0.2) is 0 Å². The van der Waals surface area contributed by atoms with Crippen molar-refractivity contribution in [3.63, 3.8) is 0 Å². The van der Waals surface area contributed by atoms with Crippen LogP contribution in [0.3, 0.4) is 0 Å². The molecule has 0 unspecified atom stereocenters. The fourth-order valence-corrected chi connectivity index (χ4v) is 1.65. The number of rotatable bonds is 2. The van der Waals surface area contributed by atoms with Crippen molar-refractivity contribution in [2.24, 2.45) is 0 Å². The maximum absolute atomic E-state index is 12.4. The summed E-state index contributed by atoms with van der Waals surface area (Å²) in [6.45, 7) is 0. The average Bonchev–Trinajstić information content (AvgIpc) is 2.81. The number of amides is 1. The van der Waals surface area contributed by atoms with Gasteiger partial charge in [-0.05, 0) is 18.2 Å². The molecule has 1 aromatic heterocycles. The zero-order valence-electron chi connectivity index (χ0n) is 8.73. The van der Waals surface area contributed by atoms with Crippen molar-refractivity contribution >= 4 is 23.3 Å². The van der Waals surface area contributed by atoms with Gasteiger partial charge in [-0.2, -0.15) is 21.9 Å². The van der Waals surface area contributed by atoms with Crippen molar-refractivity contribution < 1.29 is 18.0 Å². The maximum atomic E-state index is 12.4. The summed E-state index contributed by atoms with van der Waals surface area (Å²) in [6, 6.07) is 4.38. The summed E-state index contributed by atoms with van der Waals surface area (Å²) in [5.74, 6) is -0.594. The van der Waals surface area contributed by atoms with Crippen LogP contribution in [0.5, 0.6) is 0 Å². The van der Waals surface area contributed by atoms with E-state index in [1.165, 1.54) is 18.3 Å². The van der Waals surface area contributed by atoms with E-state index in [1.54, 1.807) is 0 Å². The molecule has 8 heteroatoms. The lowest BCUT2D eigenvalue weighted by Gasteiger charge is -2.08. The molecule has 0 radical (unpaired) electrons. The summed E-state index contributed by atoms with van der Waals surface area (Å²) in [5, 5.41) is 2.32. The molecule has 1 N–H and O–H groups in total. The molecular weight excluding hydrogens is 267 g/mol. The molecule has 18 heavy (non-hydrogen) atoms. The van der Waals surface area contributed by atoms with Gasteiger partial charge in [0.15, 0.2) is 5.69 Å². The number of alkyl halides is 3. The number of nitrogens with one attached hydrogen (secondary N) is 1. The fraction of sp³-hybridized carbons (Fsp3) is 0.100. The summed E-state index contributed by atoms with van der Waals surface area (Å²) in [4.78, 5) is 11.5. The molecule has 1 heterocycles. The second-order valence-corrected chi connectivity index (χ2v) is 3.88. The SMILES string of the molecule is O=C(Nc1cccc(C(F)(F)F)c1)c1cnsn1. The molecule has 1 amide bonds. The Morgan fingerprint density at radius 1 is 1.33 bits per heavy atom. The Bertz CT molecular complexity index is 554. The lowest BCUT2D eigenvalue weighted by atomic mass is 10.2. The van der Waals surface area contributed by atoms with E-state index < -0.39 is 17.6 Å². The van der Waals surface area contributed by atoms with Crippen molar-refractivity contribution in [1.82, 2.24) is 8.75 Å². The van der Waals surface area contributed by atoms with E-state index in [1.807, 2.05) is 0 Å². The second kappa shape index (κ2) is 4.73. The molecule has 0 spiro atoms. The molecule has 0 bridgehead atoms. The Hall–Kier alpha value is -1.96. The number of carbonyl (C=O) groups excluding carboxylic acids is 1.